The molecule has 1 heterocycles. The quantitative estimate of drug-likeness (QED) is 0.619. The largest absolute Gasteiger partial charge is 0.383 e. The van der Waals surface area contributed by atoms with E-state index in [0.29, 0.717) is 12.5 Å². The molecule has 3 nitrogen and oxygen atoms in total. The number of methoxy groups -OCH3 is 1. The summed E-state index contributed by atoms with van der Waals surface area (Å²) >= 11 is 1.54. The average Bonchev–Trinajstić information content (AvgIpc) is 3.16. The van der Waals surface area contributed by atoms with Gasteiger partial charge in [0.25, 0.3) is 0 Å². The van der Waals surface area contributed by atoms with E-state index in [0.717, 1.165) is 36.9 Å². The number of ether oxygens (including phenoxy) is 1. The first-order chi connectivity index (χ1) is 9.72. The van der Waals surface area contributed by atoms with Crippen LogP contribution in [0.25, 0.3) is 0 Å². The molecule has 4 heteroatoms. The molecule has 0 saturated heterocycles. The van der Waals surface area contributed by atoms with Gasteiger partial charge in [0, 0.05) is 26.1 Å². The van der Waals surface area contributed by atoms with E-state index >= 15 is 0 Å². The maximum Gasteiger partial charge on any atom is 0.172 e. The summed E-state index contributed by atoms with van der Waals surface area (Å²) < 4.78 is 5.20. The maximum absolute atomic E-state index is 12.0. The summed E-state index contributed by atoms with van der Waals surface area (Å²) in [6, 6.07) is 4.49. The molecule has 112 valence electrons. The predicted octanol–water partition coefficient (Wildman–Crippen LogP) is 3.46. The summed E-state index contributed by atoms with van der Waals surface area (Å²) in [6.07, 6.45) is 4.32. The van der Waals surface area contributed by atoms with Crippen LogP contribution < -0.4 is 0 Å². The van der Waals surface area contributed by atoms with E-state index in [4.69, 9.17) is 4.74 Å². The number of carbonyl (C=O) groups is 1. The van der Waals surface area contributed by atoms with Crippen LogP contribution in [0.15, 0.2) is 17.5 Å². The number of carbonyl (C=O) groups excluding carboxylic acids is 1. The molecule has 0 aliphatic heterocycles. The van der Waals surface area contributed by atoms with Gasteiger partial charge in [0.1, 0.15) is 0 Å². The molecule has 1 aromatic heterocycles. The minimum Gasteiger partial charge on any atom is -0.383 e. The van der Waals surface area contributed by atoms with Gasteiger partial charge in [-0.3, -0.25) is 9.69 Å². The van der Waals surface area contributed by atoms with Crippen molar-refractivity contribution < 1.29 is 9.53 Å². The monoisotopic (exact) mass is 295 g/mol. The van der Waals surface area contributed by atoms with Crippen molar-refractivity contribution in [3.8, 4) is 0 Å². The normalized spacial score (nSPS) is 16.6. The molecule has 20 heavy (non-hydrogen) atoms. The zero-order valence-corrected chi connectivity index (χ0v) is 13.3. The van der Waals surface area contributed by atoms with Crippen LogP contribution in [0.1, 0.15) is 42.3 Å². The molecule has 1 aliphatic rings. The number of rotatable bonds is 10. The van der Waals surface area contributed by atoms with Gasteiger partial charge >= 0.3 is 0 Å². The number of ketones is 1. The highest BCUT2D eigenvalue weighted by Crippen LogP contribution is 2.35. The molecule has 1 fully saturated rings. The van der Waals surface area contributed by atoms with Gasteiger partial charge in [-0.25, -0.2) is 0 Å². The van der Waals surface area contributed by atoms with Gasteiger partial charge in [0.2, 0.25) is 0 Å². The molecule has 2 rings (SSSR count). The second-order valence-corrected chi connectivity index (χ2v) is 6.56. The maximum atomic E-state index is 12.0. The summed E-state index contributed by atoms with van der Waals surface area (Å²) in [5.41, 5.74) is 0. The van der Waals surface area contributed by atoms with Crippen LogP contribution in [0.3, 0.4) is 0 Å². The summed E-state index contributed by atoms with van der Waals surface area (Å²) in [6.45, 7) is 5.06. The van der Waals surface area contributed by atoms with Crippen molar-refractivity contribution in [1.29, 1.82) is 0 Å². The van der Waals surface area contributed by atoms with Crippen LogP contribution in [0, 0.1) is 5.92 Å². The summed E-state index contributed by atoms with van der Waals surface area (Å²) in [5, 5.41) is 1.97. The van der Waals surface area contributed by atoms with Crippen LogP contribution in [0.4, 0.5) is 0 Å². The van der Waals surface area contributed by atoms with Crippen molar-refractivity contribution in [2.75, 3.05) is 26.8 Å². The van der Waals surface area contributed by atoms with Crippen LogP contribution in [0.2, 0.25) is 0 Å². The second kappa shape index (κ2) is 7.91. The molecule has 0 aromatic carbocycles. The average molecular weight is 295 g/mol. The van der Waals surface area contributed by atoms with Crippen LogP contribution >= 0.6 is 11.3 Å². The van der Waals surface area contributed by atoms with Crippen molar-refractivity contribution in [1.82, 2.24) is 4.90 Å². The molecule has 1 unspecified atom stereocenters. The third-order valence-electron chi connectivity index (χ3n) is 4.11. The molecule has 0 N–H and O–H groups in total. The first-order valence-electron chi connectivity index (χ1n) is 7.52. The Morgan fingerprint density at radius 2 is 2.30 bits per heavy atom. The first kappa shape index (κ1) is 15.7. The number of hydrogen-bond acceptors (Lipinski definition) is 4. The van der Waals surface area contributed by atoms with Crippen molar-refractivity contribution >= 4 is 17.1 Å². The van der Waals surface area contributed by atoms with Crippen molar-refractivity contribution in [3.63, 3.8) is 0 Å². The smallest absolute Gasteiger partial charge is 0.172 e. The molecule has 1 atom stereocenters. The van der Waals surface area contributed by atoms with Gasteiger partial charge < -0.3 is 4.74 Å². The Balaban J connectivity index is 1.74. The molecular weight excluding hydrogens is 270 g/mol. The molecule has 1 saturated carbocycles. The van der Waals surface area contributed by atoms with E-state index in [1.807, 2.05) is 17.5 Å². The fraction of sp³-hybridized carbons (Fsp3) is 0.688. The summed E-state index contributed by atoms with van der Waals surface area (Å²) in [4.78, 5) is 15.4. The van der Waals surface area contributed by atoms with E-state index in [1.165, 1.54) is 12.8 Å². The van der Waals surface area contributed by atoms with Crippen molar-refractivity contribution in [2.45, 2.75) is 38.6 Å². The van der Waals surface area contributed by atoms with E-state index in [-0.39, 0.29) is 5.78 Å². The summed E-state index contributed by atoms with van der Waals surface area (Å²) in [7, 11) is 1.75. The van der Waals surface area contributed by atoms with Crippen LogP contribution in [-0.4, -0.2) is 43.5 Å². The highest BCUT2D eigenvalue weighted by Gasteiger charge is 2.31. The predicted molar refractivity (Wildman–Crippen MR) is 83.5 cm³/mol. The van der Waals surface area contributed by atoms with Crippen LogP contribution in [0.5, 0.6) is 0 Å². The molecule has 0 radical (unpaired) electrons. The Morgan fingerprint density at radius 1 is 1.50 bits per heavy atom. The zero-order chi connectivity index (χ0) is 14.4. The lowest BCUT2D eigenvalue weighted by molar-refractivity contribution is 0.0953. The molecule has 1 aliphatic carbocycles. The van der Waals surface area contributed by atoms with Gasteiger partial charge in [-0.05, 0) is 50.1 Å². The Bertz CT molecular complexity index is 401. The number of thiophene rings is 1. The fourth-order valence-corrected chi connectivity index (χ4v) is 3.30. The SMILES string of the molecule is COCCN(CCCC(=O)c1cccs1)C(C)C1CC1. The molecular formula is C16H25NO2S. The number of hydrogen-bond donors (Lipinski definition) is 0. The van der Waals surface area contributed by atoms with E-state index in [2.05, 4.69) is 11.8 Å². The third-order valence-corrected chi connectivity index (χ3v) is 5.02. The fourth-order valence-electron chi connectivity index (χ4n) is 2.61. The Morgan fingerprint density at radius 3 is 2.90 bits per heavy atom. The first-order valence-corrected chi connectivity index (χ1v) is 8.40. The van der Waals surface area contributed by atoms with Gasteiger partial charge in [-0.1, -0.05) is 6.07 Å². The molecule has 1 aromatic rings. The molecule has 0 amide bonds. The highest BCUT2D eigenvalue weighted by molar-refractivity contribution is 7.12. The van der Waals surface area contributed by atoms with Crippen LogP contribution in [-0.2, 0) is 4.74 Å². The van der Waals surface area contributed by atoms with Gasteiger partial charge in [0.15, 0.2) is 5.78 Å². The third kappa shape index (κ3) is 4.69. The Labute approximate surface area is 125 Å². The van der Waals surface area contributed by atoms with Gasteiger partial charge in [-0.15, -0.1) is 11.3 Å². The lowest BCUT2D eigenvalue weighted by Gasteiger charge is -2.28. The number of nitrogens with zero attached hydrogens (tertiary/aromatic N) is 1. The minimum absolute atomic E-state index is 0.283. The highest BCUT2D eigenvalue weighted by atomic mass is 32.1. The van der Waals surface area contributed by atoms with Crippen molar-refractivity contribution in [2.24, 2.45) is 5.92 Å². The Hall–Kier alpha value is -0.710. The van der Waals surface area contributed by atoms with Gasteiger partial charge in [0.05, 0.1) is 11.5 Å². The number of Topliss-reactive ketones (excluding diaryl/α,β-unsaturated/α-hetero) is 1. The van der Waals surface area contributed by atoms with E-state index in [9.17, 15) is 4.79 Å². The van der Waals surface area contributed by atoms with E-state index in [1.54, 1.807) is 18.4 Å². The van der Waals surface area contributed by atoms with E-state index < -0.39 is 0 Å². The zero-order valence-electron chi connectivity index (χ0n) is 12.5. The van der Waals surface area contributed by atoms with Crippen molar-refractivity contribution in [3.05, 3.63) is 22.4 Å². The lowest BCUT2D eigenvalue weighted by atomic mass is 10.1. The second-order valence-electron chi connectivity index (χ2n) is 5.61. The standard InChI is InChI=1S/C16H25NO2S/c1-13(14-7-8-14)17(10-11-19-2)9-3-5-15(18)16-6-4-12-20-16/h4,6,12-14H,3,5,7-11H2,1-2H3. The topological polar surface area (TPSA) is 29.5 Å². The summed E-state index contributed by atoms with van der Waals surface area (Å²) in [5.74, 6) is 1.14. The van der Waals surface area contributed by atoms with Gasteiger partial charge in [-0.2, -0.15) is 0 Å². The lowest BCUT2D eigenvalue weighted by Crippen LogP contribution is -2.38. The molecule has 0 spiro atoms. The molecule has 0 bridgehead atoms. The Kier molecular flexibility index (Phi) is 6.20. The minimum atomic E-state index is 0.283.